The zero-order valence-corrected chi connectivity index (χ0v) is 9.10. The molecule has 0 aromatic heterocycles. The molecule has 5 heavy (non-hydrogen) atoms. The minimum atomic E-state index is 0. The van der Waals surface area contributed by atoms with Crippen molar-refractivity contribution in [3.05, 3.63) is 19.6 Å². The summed E-state index contributed by atoms with van der Waals surface area (Å²) in [6, 6.07) is 0. The van der Waals surface area contributed by atoms with Crippen LogP contribution in [0.3, 0.4) is 0 Å². The molecule has 0 heterocycles. The quantitative estimate of drug-likeness (QED) is 0.595. The average Bonchev–Trinajstić information content (AvgIpc) is 0.918. The van der Waals surface area contributed by atoms with Crippen molar-refractivity contribution >= 4 is 0 Å². The van der Waals surface area contributed by atoms with Gasteiger partial charge in [0.2, 0.25) is 0 Å². The number of hydrogen-bond acceptors (Lipinski definition) is 0. The zero-order chi connectivity index (χ0) is 2.71. The summed E-state index contributed by atoms with van der Waals surface area (Å²) < 4.78 is 0. The minimum absolute atomic E-state index is 0. The Morgan fingerprint density at radius 2 is 1.60 bits per heavy atom. The van der Waals surface area contributed by atoms with Crippen LogP contribution in [-0.4, -0.2) is 0 Å². The smallest absolute Gasteiger partial charge is 0 e. The number of rotatable bonds is 0. The Labute approximate surface area is 28.2 Å². The summed E-state index contributed by atoms with van der Waals surface area (Å²) >= 11 is 0. The van der Waals surface area contributed by atoms with E-state index >= 15 is 0 Å². The van der Waals surface area contributed by atoms with E-state index in [0.29, 0.717) is 0 Å². The van der Waals surface area contributed by atoms with Crippen molar-refractivity contribution in [3.8, 4) is 0 Å². The molecule has 0 radical (unpaired) electrons. The van der Waals surface area contributed by atoms with Crippen molar-refractivity contribution in [3.63, 3.8) is 0 Å². The maximum Gasteiger partial charge on any atom is 0 e. The Bertz CT molecular complexity index is 11.1. The van der Waals surface area contributed by atoms with E-state index < -0.39 is 0 Å². The van der Waals surface area contributed by atoms with Crippen LogP contribution in [0.15, 0.2) is 12.7 Å². The van der Waals surface area contributed by atoms with E-state index in [1.807, 2.05) is 0 Å². The van der Waals surface area contributed by atoms with Gasteiger partial charge in [-0.25, -0.2) is 19.6 Å². The summed E-state index contributed by atoms with van der Waals surface area (Å²) in [6.45, 7) is 6.50. The largest absolute Gasteiger partial charge is 0.245 e. The fraction of sp³-hybridized carbons (Fsp3) is 0.250. The minimum Gasteiger partial charge on any atom is -0.245 e. The van der Waals surface area contributed by atoms with Crippen LogP contribution >= 0.6 is 0 Å². The molecule has 0 aliphatic carbocycles. The Kier molecular flexibility index (Phi) is 588. The molecule has 0 aliphatic heterocycles. The van der Waals surface area contributed by atoms with Gasteiger partial charge in [0.05, 0.1) is 0 Å². The molecule has 1 heteroatoms. The molecule has 0 N–H and O–H groups in total. The van der Waals surface area contributed by atoms with Gasteiger partial charge >= 0.3 is 0 Å². The van der Waals surface area contributed by atoms with Crippen LogP contribution < -0.4 is 0 Å². The van der Waals surface area contributed by atoms with Crippen LogP contribution in [0.1, 0.15) is 7.43 Å². The van der Waals surface area contributed by atoms with Gasteiger partial charge in [0.15, 0.2) is 0 Å². The Morgan fingerprint density at radius 1 is 1.60 bits per heavy atom. The van der Waals surface area contributed by atoms with E-state index in [2.05, 4.69) is 13.5 Å². The molecule has 0 amide bonds. The molecule has 0 saturated carbocycles. The van der Waals surface area contributed by atoms with Crippen molar-refractivity contribution < 1.29 is 0 Å². The van der Waals surface area contributed by atoms with Crippen LogP contribution in [0.25, 0.3) is 0 Å². The molecular weight excluding hydrogens is 315 g/mol. The molecule has 0 atom stereocenters. The molecule has 0 saturated heterocycles. The summed E-state index contributed by atoms with van der Waals surface area (Å²) in [5.74, 6) is 0. The molecule has 0 unspecified atom stereocenters. The first kappa shape index (κ1) is 66.1. The number of hydrogen-bond donors (Lipinski definition) is 0. The molecule has 0 nitrogen and oxygen atoms in total. The van der Waals surface area contributed by atoms with E-state index in [4.69, 9.17) is 0 Å². The molecule has 28 valence electrons. The van der Waals surface area contributed by atoms with Gasteiger partial charge in [-0.3, -0.25) is 0 Å². The number of allylic oxidation sites excluding steroid dienone is 1. The third-order valence-electron chi connectivity index (χ3n) is 0. The maximum atomic E-state index is 3.25. The van der Waals surface area contributed by atoms with Gasteiger partial charge in [-0.2, -0.15) is 0 Å². The van der Waals surface area contributed by atoms with Crippen LogP contribution in [-0.2, 0) is 0 Å². The molecule has 0 aromatic rings. The van der Waals surface area contributed by atoms with Crippen LogP contribution in [0.5, 0.6) is 0 Å². The second-order valence-corrected chi connectivity index (χ2v) is 0.289. The van der Waals surface area contributed by atoms with Gasteiger partial charge in [0.25, 0.3) is 0 Å². The summed E-state index contributed by atoms with van der Waals surface area (Å²) in [5, 5.41) is 0. The monoisotopic (exact) mass is 324 g/mol. The van der Waals surface area contributed by atoms with Gasteiger partial charge < -0.3 is 0 Å². The van der Waals surface area contributed by atoms with Crippen molar-refractivity contribution in [2.45, 2.75) is 7.43 Å². The predicted octanol–water partition coefficient (Wildman–Crippen LogP) is 1.64. The first-order chi connectivity index (χ1) is 1.41. The topological polar surface area (TPSA) is 0 Å². The van der Waals surface area contributed by atoms with E-state index in [1.165, 1.54) is 6.08 Å². The standard InChI is InChI=1S/C3H5.CH4.Rf/c1-3-2;;/h3H,1-2H2;1H4;/q-1;;. The summed E-state index contributed by atoms with van der Waals surface area (Å²) in [7, 11) is 0. The molecule has 0 spiro atoms. The SMILES string of the molecule is C.C=C[CH2-].[Rf]. The molecule has 0 bridgehead atoms. The predicted molar refractivity (Wildman–Crippen MR) is 22.3 cm³/mol. The second kappa shape index (κ2) is 44.5. The normalized spacial score (nSPS) is 2.40. The molecular formula is C4H9Rf-. The fourth-order valence-electron chi connectivity index (χ4n) is 0. The summed E-state index contributed by atoms with van der Waals surface area (Å²) in [6.07, 6.45) is 1.50. The van der Waals surface area contributed by atoms with Gasteiger partial charge in [-0.1, -0.05) is 7.43 Å². The molecule has 0 rings (SSSR count). The maximum absolute atomic E-state index is 3.25. The van der Waals surface area contributed by atoms with Crippen molar-refractivity contribution in [2.24, 2.45) is 0 Å². The summed E-state index contributed by atoms with van der Waals surface area (Å²) in [5.41, 5.74) is 0. The van der Waals surface area contributed by atoms with Crippen molar-refractivity contribution in [1.29, 1.82) is 0 Å². The Morgan fingerprint density at radius 3 is 1.60 bits per heavy atom. The van der Waals surface area contributed by atoms with Crippen LogP contribution in [0.2, 0.25) is 0 Å². The first-order valence-electron chi connectivity index (χ1n) is 0.816. The molecule has 0 fully saturated rings. The second-order valence-electron chi connectivity index (χ2n) is 0.289. The van der Waals surface area contributed by atoms with Crippen molar-refractivity contribution in [2.75, 3.05) is 0 Å². The van der Waals surface area contributed by atoms with E-state index in [0.717, 1.165) is 0 Å². The first-order valence-corrected chi connectivity index (χ1v) is 0.816. The van der Waals surface area contributed by atoms with Gasteiger partial charge in [0, 0.05) is 0 Å². The Balaban J connectivity index is -0.0000000200. The molecule has 0 aromatic carbocycles. The average molecular weight is 324 g/mol. The van der Waals surface area contributed by atoms with Gasteiger partial charge in [-0.15, -0.1) is 0 Å². The Hall–Kier alpha value is -1.39. The van der Waals surface area contributed by atoms with Crippen LogP contribution in [0.4, 0.5) is 0 Å². The third-order valence-corrected chi connectivity index (χ3v) is 0. The van der Waals surface area contributed by atoms with E-state index in [1.54, 1.807) is 0 Å². The van der Waals surface area contributed by atoms with E-state index in [9.17, 15) is 0 Å². The van der Waals surface area contributed by atoms with Crippen molar-refractivity contribution in [1.82, 2.24) is 0 Å². The summed E-state index contributed by atoms with van der Waals surface area (Å²) in [4.78, 5) is 0. The fourth-order valence-corrected chi connectivity index (χ4v) is 0. The van der Waals surface area contributed by atoms with E-state index in [-0.39, 0.29) is 7.43 Å². The molecule has 0 aliphatic rings. The van der Waals surface area contributed by atoms with Gasteiger partial charge in [-0.05, 0) is 0 Å². The third kappa shape index (κ3) is 0.503. The van der Waals surface area contributed by atoms with Gasteiger partial charge in [0.1, 0.15) is 0 Å². The zero-order valence-electron chi connectivity index (χ0n) is 2.70. The van der Waals surface area contributed by atoms with Crippen LogP contribution in [0, 0.1) is 6.92 Å².